The summed E-state index contributed by atoms with van der Waals surface area (Å²) in [5, 5.41) is 5.99. The Hall–Kier alpha value is -2.04. The predicted molar refractivity (Wildman–Crippen MR) is 101 cm³/mol. The van der Waals surface area contributed by atoms with Gasteiger partial charge in [-0.3, -0.25) is 4.79 Å². The lowest BCUT2D eigenvalue weighted by Crippen LogP contribution is -2.23. The second-order valence-electron chi connectivity index (χ2n) is 5.41. The van der Waals surface area contributed by atoms with Gasteiger partial charge in [-0.05, 0) is 48.8 Å². The van der Waals surface area contributed by atoms with E-state index in [1.54, 1.807) is 7.11 Å². The second-order valence-corrected chi connectivity index (χ2v) is 5.41. The number of ether oxygens (including phenoxy) is 1. The van der Waals surface area contributed by atoms with E-state index < -0.39 is 0 Å². The Balaban J connectivity index is 0.00000288. The number of nitrogens with one attached hydrogen (secondary N) is 2. The van der Waals surface area contributed by atoms with Gasteiger partial charge >= 0.3 is 0 Å². The van der Waals surface area contributed by atoms with Crippen molar-refractivity contribution in [2.45, 2.75) is 19.4 Å². The van der Waals surface area contributed by atoms with Gasteiger partial charge in [-0.2, -0.15) is 0 Å². The minimum absolute atomic E-state index is 0. The number of benzene rings is 2. The van der Waals surface area contributed by atoms with Crippen LogP contribution in [0.25, 0.3) is 11.1 Å². The van der Waals surface area contributed by atoms with Gasteiger partial charge < -0.3 is 15.4 Å². The summed E-state index contributed by atoms with van der Waals surface area (Å²) in [7, 11) is 3.56. The molecule has 2 rings (SSSR count). The molecule has 0 atom stereocenters. The molecule has 2 N–H and O–H groups in total. The van der Waals surface area contributed by atoms with Crippen molar-refractivity contribution in [3.05, 3.63) is 54.1 Å². The zero-order valence-corrected chi connectivity index (χ0v) is 15.0. The van der Waals surface area contributed by atoms with Gasteiger partial charge in [0.25, 0.3) is 0 Å². The van der Waals surface area contributed by atoms with Crippen molar-refractivity contribution in [1.82, 2.24) is 10.6 Å². The van der Waals surface area contributed by atoms with Crippen LogP contribution in [0.4, 0.5) is 0 Å². The first kappa shape index (κ1) is 20.0. The first-order valence-electron chi connectivity index (χ1n) is 7.87. The lowest BCUT2D eigenvalue weighted by molar-refractivity contribution is -0.121. The van der Waals surface area contributed by atoms with Crippen molar-refractivity contribution in [1.29, 1.82) is 0 Å². The summed E-state index contributed by atoms with van der Waals surface area (Å²) in [5.74, 6) is 0.942. The molecule has 0 saturated heterocycles. The van der Waals surface area contributed by atoms with E-state index in [-0.39, 0.29) is 18.3 Å². The molecule has 2 aromatic rings. The van der Waals surface area contributed by atoms with E-state index in [1.807, 2.05) is 37.4 Å². The fraction of sp³-hybridized carbons (Fsp3) is 0.316. The number of hydrogen-bond acceptors (Lipinski definition) is 3. The summed E-state index contributed by atoms with van der Waals surface area (Å²) in [5.41, 5.74) is 3.35. The molecule has 2 aromatic carbocycles. The summed E-state index contributed by atoms with van der Waals surface area (Å²) in [4.78, 5) is 11.7. The first-order chi connectivity index (χ1) is 11.2. The molecule has 0 aliphatic carbocycles. The summed E-state index contributed by atoms with van der Waals surface area (Å²) < 4.78 is 5.25. The fourth-order valence-corrected chi connectivity index (χ4v) is 2.33. The smallest absolute Gasteiger partial charge is 0.220 e. The number of carbonyl (C=O) groups is 1. The lowest BCUT2D eigenvalue weighted by Gasteiger charge is -2.08. The first-order valence-corrected chi connectivity index (χ1v) is 7.87. The average Bonchev–Trinajstić information content (AvgIpc) is 2.60. The monoisotopic (exact) mass is 348 g/mol. The third-order valence-corrected chi connectivity index (χ3v) is 3.68. The molecule has 130 valence electrons. The van der Waals surface area contributed by atoms with Crippen LogP contribution in [0.15, 0.2) is 48.5 Å². The molecule has 0 aliphatic heterocycles. The highest BCUT2D eigenvalue weighted by Crippen LogP contribution is 2.24. The normalized spacial score (nSPS) is 9.92. The zero-order valence-electron chi connectivity index (χ0n) is 14.2. The van der Waals surface area contributed by atoms with Crippen LogP contribution in [0.1, 0.15) is 18.4 Å². The van der Waals surface area contributed by atoms with Crippen molar-refractivity contribution in [3.8, 4) is 16.9 Å². The van der Waals surface area contributed by atoms with Crippen molar-refractivity contribution in [3.63, 3.8) is 0 Å². The SMILES string of the molecule is CNCCCC(=O)NCc1ccc(-c2cccc(OC)c2)cc1.Cl. The molecular formula is C19H25ClN2O2. The highest BCUT2D eigenvalue weighted by molar-refractivity contribution is 5.85. The Morgan fingerprint density at radius 3 is 2.50 bits per heavy atom. The second kappa shape index (κ2) is 10.7. The van der Waals surface area contributed by atoms with Crippen LogP contribution in [0.5, 0.6) is 5.75 Å². The molecule has 0 aliphatic rings. The topological polar surface area (TPSA) is 50.4 Å². The number of amides is 1. The number of methoxy groups -OCH3 is 1. The Labute approximate surface area is 150 Å². The fourth-order valence-electron chi connectivity index (χ4n) is 2.33. The van der Waals surface area contributed by atoms with Gasteiger partial charge in [-0.15, -0.1) is 12.4 Å². The molecular weight excluding hydrogens is 324 g/mol. The van der Waals surface area contributed by atoms with Crippen LogP contribution < -0.4 is 15.4 Å². The van der Waals surface area contributed by atoms with Crippen LogP contribution in [-0.4, -0.2) is 26.6 Å². The molecule has 0 saturated carbocycles. The Morgan fingerprint density at radius 1 is 1.08 bits per heavy atom. The molecule has 0 unspecified atom stereocenters. The molecule has 0 bridgehead atoms. The van der Waals surface area contributed by atoms with Crippen LogP contribution in [0.3, 0.4) is 0 Å². The van der Waals surface area contributed by atoms with Gasteiger partial charge in [0.1, 0.15) is 5.75 Å². The van der Waals surface area contributed by atoms with E-state index in [9.17, 15) is 4.79 Å². The molecule has 0 heterocycles. The van der Waals surface area contributed by atoms with Gasteiger partial charge in [0.05, 0.1) is 7.11 Å². The minimum Gasteiger partial charge on any atom is -0.497 e. The van der Waals surface area contributed by atoms with E-state index in [4.69, 9.17) is 4.74 Å². The van der Waals surface area contributed by atoms with Gasteiger partial charge in [0.15, 0.2) is 0 Å². The molecule has 0 fully saturated rings. The zero-order chi connectivity index (χ0) is 16.5. The standard InChI is InChI=1S/C19H24N2O2.ClH/c1-20-12-4-7-19(22)21-14-15-8-10-16(11-9-15)17-5-3-6-18(13-17)23-2;/h3,5-6,8-11,13,20H,4,7,12,14H2,1-2H3,(H,21,22);1H. The van der Waals surface area contributed by atoms with E-state index in [2.05, 4.69) is 28.8 Å². The highest BCUT2D eigenvalue weighted by Gasteiger charge is 2.03. The Morgan fingerprint density at radius 2 is 1.83 bits per heavy atom. The van der Waals surface area contributed by atoms with Crippen molar-refractivity contribution < 1.29 is 9.53 Å². The van der Waals surface area contributed by atoms with Crippen molar-refractivity contribution in [2.24, 2.45) is 0 Å². The molecule has 5 heteroatoms. The van der Waals surface area contributed by atoms with Gasteiger partial charge in [0.2, 0.25) is 5.91 Å². The number of hydrogen-bond donors (Lipinski definition) is 2. The Kier molecular flexibility index (Phi) is 8.90. The van der Waals surface area contributed by atoms with E-state index in [0.717, 1.165) is 35.4 Å². The maximum atomic E-state index is 11.7. The number of carbonyl (C=O) groups excluding carboxylic acids is 1. The largest absolute Gasteiger partial charge is 0.497 e. The third kappa shape index (κ3) is 6.22. The summed E-state index contributed by atoms with van der Waals surface area (Å²) in [6.07, 6.45) is 1.42. The Bertz CT molecular complexity index is 630. The van der Waals surface area contributed by atoms with Gasteiger partial charge in [-0.25, -0.2) is 0 Å². The van der Waals surface area contributed by atoms with E-state index >= 15 is 0 Å². The van der Waals surface area contributed by atoms with Crippen LogP contribution >= 0.6 is 12.4 Å². The van der Waals surface area contributed by atoms with Gasteiger partial charge in [-0.1, -0.05) is 36.4 Å². The van der Waals surface area contributed by atoms with Crippen molar-refractivity contribution >= 4 is 18.3 Å². The molecule has 0 radical (unpaired) electrons. The molecule has 0 spiro atoms. The maximum Gasteiger partial charge on any atom is 0.220 e. The average molecular weight is 349 g/mol. The molecule has 4 nitrogen and oxygen atoms in total. The third-order valence-electron chi connectivity index (χ3n) is 3.68. The maximum absolute atomic E-state index is 11.7. The summed E-state index contributed by atoms with van der Waals surface area (Å²) in [6.45, 7) is 1.43. The van der Waals surface area contributed by atoms with Gasteiger partial charge in [0, 0.05) is 13.0 Å². The van der Waals surface area contributed by atoms with Crippen LogP contribution in [0.2, 0.25) is 0 Å². The van der Waals surface area contributed by atoms with Crippen LogP contribution in [0, 0.1) is 0 Å². The summed E-state index contributed by atoms with van der Waals surface area (Å²) >= 11 is 0. The van der Waals surface area contributed by atoms with E-state index in [0.29, 0.717) is 13.0 Å². The molecule has 1 amide bonds. The van der Waals surface area contributed by atoms with Crippen molar-refractivity contribution in [2.75, 3.05) is 20.7 Å². The van der Waals surface area contributed by atoms with E-state index in [1.165, 1.54) is 0 Å². The minimum atomic E-state index is 0. The lowest BCUT2D eigenvalue weighted by atomic mass is 10.0. The predicted octanol–water partition coefficient (Wildman–Crippen LogP) is 3.40. The number of halogens is 1. The summed E-state index contributed by atoms with van der Waals surface area (Å²) in [6, 6.07) is 16.2. The quantitative estimate of drug-likeness (QED) is 0.719. The molecule has 24 heavy (non-hydrogen) atoms. The number of rotatable bonds is 8. The molecule has 0 aromatic heterocycles. The highest BCUT2D eigenvalue weighted by atomic mass is 35.5. The van der Waals surface area contributed by atoms with Crippen LogP contribution in [-0.2, 0) is 11.3 Å².